The summed E-state index contributed by atoms with van der Waals surface area (Å²) in [5.74, 6) is -1.44. The minimum Gasteiger partial charge on any atom is -0.479 e. The Kier molecular flexibility index (Phi) is 5.75. The van der Waals surface area contributed by atoms with Crippen molar-refractivity contribution < 1.29 is 28.0 Å². The van der Waals surface area contributed by atoms with Crippen LogP contribution >= 0.6 is 0 Å². The molecule has 8 nitrogen and oxygen atoms in total. The lowest BCUT2D eigenvalue weighted by molar-refractivity contribution is -0.144. The van der Waals surface area contributed by atoms with Crippen molar-refractivity contribution in [1.29, 1.82) is 0 Å². The summed E-state index contributed by atoms with van der Waals surface area (Å²) in [5, 5.41) is 10.4. The number of carboxylic acid groups (broad SMARTS) is 1. The minimum atomic E-state index is -3.18. The average molecular weight is 254 g/mol. The van der Waals surface area contributed by atoms with E-state index in [2.05, 4.69) is 10.2 Å². The standard InChI is InChI=1S/C7H14N2O6S/c1-5(4-16(2,13)14)8-7(12)9-15-3-6(10)11/h5H,3-4H2,1-2H3,(H,10,11)(H2,8,9,12). The molecule has 0 spiro atoms. The molecule has 1 atom stereocenters. The van der Waals surface area contributed by atoms with Gasteiger partial charge < -0.3 is 10.4 Å². The third kappa shape index (κ3) is 9.21. The molecule has 16 heavy (non-hydrogen) atoms. The molecule has 0 aromatic carbocycles. The van der Waals surface area contributed by atoms with E-state index < -0.39 is 34.5 Å². The zero-order valence-corrected chi connectivity index (χ0v) is 9.70. The molecule has 0 fully saturated rings. The van der Waals surface area contributed by atoms with E-state index in [-0.39, 0.29) is 5.75 Å². The number of hydrogen-bond donors (Lipinski definition) is 3. The lowest BCUT2D eigenvalue weighted by Gasteiger charge is -2.12. The van der Waals surface area contributed by atoms with Gasteiger partial charge in [0.1, 0.15) is 9.84 Å². The molecule has 0 rings (SSSR count). The van der Waals surface area contributed by atoms with Gasteiger partial charge in [0.05, 0.1) is 5.75 Å². The van der Waals surface area contributed by atoms with Crippen LogP contribution in [0.1, 0.15) is 6.92 Å². The number of hydroxylamine groups is 1. The molecule has 0 heterocycles. The highest BCUT2D eigenvalue weighted by atomic mass is 32.2. The van der Waals surface area contributed by atoms with Gasteiger partial charge >= 0.3 is 12.0 Å². The highest BCUT2D eigenvalue weighted by molar-refractivity contribution is 7.90. The van der Waals surface area contributed by atoms with Gasteiger partial charge in [-0.05, 0) is 6.92 Å². The van der Waals surface area contributed by atoms with Gasteiger partial charge in [-0.15, -0.1) is 0 Å². The molecule has 9 heteroatoms. The van der Waals surface area contributed by atoms with E-state index in [1.807, 2.05) is 0 Å². The molecule has 94 valence electrons. The molecule has 0 aliphatic heterocycles. The molecule has 0 bridgehead atoms. The quantitative estimate of drug-likeness (QED) is 0.508. The maximum atomic E-state index is 11.0. The first-order chi connectivity index (χ1) is 7.20. The van der Waals surface area contributed by atoms with Crippen molar-refractivity contribution in [2.24, 2.45) is 0 Å². The summed E-state index contributed by atoms with van der Waals surface area (Å²) in [7, 11) is -3.18. The number of carboxylic acids is 1. The largest absolute Gasteiger partial charge is 0.479 e. The number of amides is 2. The first-order valence-corrected chi connectivity index (χ1v) is 6.34. The number of hydrogen-bond acceptors (Lipinski definition) is 5. The molecule has 0 aromatic rings. The molecular weight excluding hydrogens is 240 g/mol. The highest BCUT2D eigenvalue weighted by Gasteiger charge is 2.13. The minimum absolute atomic E-state index is 0.209. The van der Waals surface area contributed by atoms with Crippen LogP contribution in [0.4, 0.5) is 4.79 Å². The summed E-state index contributed by atoms with van der Waals surface area (Å²) in [6, 6.07) is -1.39. The number of nitrogens with one attached hydrogen (secondary N) is 2. The number of carbonyl (C=O) groups is 2. The van der Waals surface area contributed by atoms with Crippen LogP contribution in [-0.2, 0) is 19.5 Å². The fraction of sp³-hybridized carbons (Fsp3) is 0.714. The number of sulfone groups is 1. The fourth-order valence-electron chi connectivity index (χ4n) is 0.912. The van der Waals surface area contributed by atoms with E-state index in [1.54, 1.807) is 5.48 Å². The van der Waals surface area contributed by atoms with E-state index in [9.17, 15) is 18.0 Å². The Morgan fingerprint density at radius 3 is 2.44 bits per heavy atom. The maximum Gasteiger partial charge on any atom is 0.338 e. The number of rotatable bonds is 6. The SMILES string of the molecule is CC(CS(C)(=O)=O)NC(=O)NOCC(=O)O. The summed E-state index contributed by atoms with van der Waals surface area (Å²) >= 11 is 0. The lowest BCUT2D eigenvalue weighted by Crippen LogP contribution is -2.43. The molecule has 3 N–H and O–H groups in total. The van der Waals surface area contributed by atoms with Crippen LogP contribution in [0.2, 0.25) is 0 Å². The number of carbonyl (C=O) groups excluding carboxylic acids is 1. The zero-order chi connectivity index (χ0) is 12.8. The summed E-state index contributed by atoms with van der Waals surface area (Å²) in [6.45, 7) is 0.825. The van der Waals surface area contributed by atoms with Crippen molar-refractivity contribution in [3.8, 4) is 0 Å². The van der Waals surface area contributed by atoms with E-state index in [0.717, 1.165) is 6.26 Å². The smallest absolute Gasteiger partial charge is 0.338 e. The van der Waals surface area contributed by atoms with E-state index >= 15 is 0 Å². The van der Waals surface area contributed by atoms with E-state index in [4.69, 9.17) is 5.11 Å². The van der Waals surface area contributed by atoms with Gasteiger partial charge in [0.2, 0.25) is 0 Å². The summed E-state index contributed by atoms with van der Waals surface area (Å²) in [4.78, 5) is 25.3. The number of aliphatic carboxylic acids is 1. The molecule has 2 amide bonds. The molecule has 1 unspecified atom stereocenters. The molecule has 0 saturated heterocycles. The topological polar surface area (TPSA) is 122 Å². The average Bonchev–Trinajstić information content (AvgIpc) is 1.98. The molecule has 0 aromatic heterocycles. The van der Waals surface area contributed by atoms with Gasteiger partial charge in [0.15, 0.2) is 6.61 Å². The Hall–Kier alpha value is -1.35. The Morgan fingerprint density at radius 1 is 1.44 bits per heavy atom. The second-order valence-electron chi connectivity index (χ2n) is 3.25. The van der Waals surface area contributed by atoms with E-state index in [0.29, 0.717) is 0 Å². The predicted molar refractivity (Wildman–Crippen MR) is 54.4 cm³/mol. The molecule has 0 aliphatic rings. The maximum absolute atomic E-state index is 11.0. The Labute approximate surface area is 92.8 Å². The van der Waals surface area contributed by atoms with Crippen LogP contribution < -0.4 is 10.8 Å². The van der Waals surface area contributed by atoms with Crippen LogP contribution in [0.15, 0.2) is 0 Å². The zero-order valence-electron chi connectivity index (χ0n) is 8.89. The summed E-state index contributed by atoms with van der Waals surface area (Å²) in [5.41, 5.74) is 1.80. The third-order valence-electron chi connectivity index (χ3n) is 1.29. The third-order valence-corrected chi connectivity index (χ3v) is 2.40. The summed E-state index contributed by atoms with van der Waals surface area (Å²) in [6.07, 6.45) is 1.05. The van der Waals surface area contributed by atoms with E-state index in [1.165, 1.54) is 6.92 Å². The van der Waals surface area contributed by atoms with Crippen molar-refractivity contribution in [2.75, 3.05) is 18.6 Å². The molecule has 0 saturated carbocycles. The molecule has 0 radical (unpaired) electrons. The van der Waals surface area contributed by atoms with Gasteiger partial charge in [-0.3, -0.25) is 4.84 Å². The van der Waals surface area contributed by atoms with Crippen molar-refractivity contribution in [3.63, 3.8) is 0 Å². The Bertz CT molecular complexity index is 352. The van der Waals surface area contributed by atoms with Crippen molar-refractivity contribution in [3.05, 3.63) is 0 Å². The first-order valence-electron chi connectivity index (χ1n) is 4.28. The van der Waals surface area contributed by atoms with Gasteiger partial charge in [-0.1, -0.05) is 0 Å². The second-order valence-corrected chi connectivity index (χ2v) is 5.44. The van der Waals surface area contributed by atoms with Crippen LogP contribution in [-0.4, -0.2) is 50.2 Å². The fourth-order valence-corrected chi connectivity index (χ4v) is 1.90. The monoisotopic (exact) mass is 254 g/mol. The van der Waals surface area contributed by atoms with Crippen LogP contribution in [0.25, 0.3) is 0 Å². The van der Waals surface area contributed by atoms with Crippen molar-refractivity contribution in [1.82, 2.24) is 10.8 Å². The van der Waals surface area contributed by atoms with Crippen molar-refractivity contribution in [2.45, 2.75) is 13.0 Å². The van der Waals surface area contributed by atoms with Crippen LogP contribution in [0, 0.1) is 0 Å². The lowest BCUT2D eigenvalue weighted by atomic mass is 10.4. The van der Waals surface area contributed by atoms with Crippen LogP contribution in [0.5, 0.6) is 0 Å². The Balaban J connectivity index is 3.83. The Morgan fingerprint density at radius 2 is 2.00 bits per heavy atom. The predicted octanol–water partition coefficient (Wildman–Crippen LogP) is -1.27. The summed E-state index contributed by atoms with van der Waals surface area (Å²) < 4.78 is 21.7. The van der Waals surface area contributed by atoms with Crippen LogP contribution in [0.3, 0.4) is 0 Å². The normalized spacial score (nSPS) is 12.9. The van der Waals surface area contributed by atoms with Gasteiger partial charge in [0.25, 0.3) is 0 Å². The van der Waals surface area contributed by atoms with Gasteiger partial charge in [0, 0.05) is 12.3 Å². The molecule has 0 aliphatic carbocycles. The van der Waals surface area contributed by atoms with Gasteiger partial charge in [-0.2, -0.15) is 0 Å². The van der Waals surface area contributed by atoms with Crippen molar-refractivity contribution >= 4 is 21.8 Å². The first kappa shape index (κ1) is 14.6. The van der Waals surface area contributed by atoms with Gasteiger partial charge in [-0.25, -0.2) is 23.5 Å². The highest BCUT2D eigenvalue weighted by Crippen LogP contribution is 1.89. The second kappa shape index (κ2) is 6.28. The number of urea groups is 1. The molecular formula is C7H14N2O6S.